The third-order valence-corrected chi connectivity index (χ3v) is 6.79. The van der Waals surface area contributed by atoms with Crippen LogP contribution in [0, 0.1) is 5.92 Å². The summed E-state index contributed by atoms with van der Waals surface area (Å²) in [7, 11) is 0. The summed E-state index contributed by atoms with van der Waals surface area (Å²) in [5, 5.41) is 21.4. The van der Waals surface area contributed by atoms with E-state index in [4.69, 9.17) is 16.3 Å². The van der Waals surface area contributed by atoms with Crippen molar-refractivity contribution >= 4 is 39.2 Å². The van der Waals surface area contributed by atoms with Gasteiger partial charge in [-0.15, -0.1) is 0 Å². The van der Waals surface area contributed by atoms with Gasteiger partial charge in [-0.3, -0.25) is 9.48 Å². The minimum Gasteiger partial charge on any atom is -0.492 e. The first-order valence-electron chi connectivity index (χ1n) is 11.0. The lowest BCUT2D eigenvalue weighted by atomic mass is 10.1. The molecule has 0 unspecified atom stereocenters. The van der Waals surface area contributed by atoms with Crippen molar-refractivity contribution in [3.05, 3.63) is 63.7 Å². The van der Waals surface area contributed by atoms with Gasteiger partial charge in [0.05, 0.1) is 34.8 Å². The summed E-state index contributed by atoms with van der Waals surface area (Å²) in [6, 6.07) is 10.8. The minimum atomic E-state index is -1.26. The standard InChI is InChI=1S/C24H21ClN4O4/c25-18-10-19-15(9-21(18)33-13-14-5-6-14)11-28(26-19)12-20-16-3-1-2-4-17(16)22(30)29(27-20)24(7-8-24)23(31)32/h1-4,9-11,14H,5-8,12-13H2,(H,31,32). The second kappa shape index (κ2) is 7.31. The number of carboxylic acid groups (broad SMARTS) is 1. The Morgan fingerprint density at radius 2 is 1.94 bits per heavy atom. The predicted octanol–water partition coefficient (Wildman–Crippen LogP) is 3.81. The zero-order valence-corrected chi connectivity index (χ0v) is 18.5. The van der Waals surface area contributed by atoms with Gasteiger partial charge in [0, 0.05) is 17.0 Å². The maximum Gasteiger partial charge on any atom is 0.331 e. The number of hydrogen-bond donors (Lipinski definition) is 1. The molecule has 168 valence electrons. The average Bonchev–Trinajstić information content (AvgIpc) is 3.72. The van der Waals surface area contributed by atoms with Crippen LogP contribution in [0.5, 0.6) is 5.75 Å². The molecular formula is C24H21ClN4O4. The molecule has 2 aromatic carbocycles. The van der Waals surface area contributed by atoms with E-state index in [0.717, 1.165) is 15.6 Å². The quantitative estimate of drug-likeness (QED) is 0.446. The number of fused-ring (bicyclic) bond motifs is 2. The summed E-state index contributed by atoms with van der Waals surface area (Å²) in [6.45, 7) is 0.948. The number of hydrogen-bond acceptors (Lipinski definition) is 5. The highest BCUT2D eigenvalue weighted by Crippen LogP contribution is 2.42. The fourth-order valence-corrected chi connectivity index (χ4v) is 4.42. The van der Waals surface area contributed by atoms with Gasteiger partial charge in [0.1, 0.15) is 5.75 Å². The van der Waals surface area contributed by atoms with E-state index in [2.05, 4.69) is 10.2 Å². The summed E-state index contributed by atoms with van der Waals surface area (Å²) in [6.07, 6.45) is 5.06. The predicted molar refractivity (Wildman–Crippen MR) is 123 cm³/mol. The Morgan fingerprint density at radius 1 is 1.18 bits per heavy atom. The monoisotopic (exact) mass is 464 g/mol. The van der Waals surface area contributed by atoms with Gasteiger partial charge in [-0.2, -0.15) is 10.2 Å². The summed E-state index contributed by atoms with van der Waals surface area (Å²) in [5.41, 5.74) is -0.335. The Balaban J connectivity index is 1.40. The average molecular weight is 465 g/mol. The molecular weight excluding hydrogens is 444 g/mol. The van der Waals surface area contributed by atoms with Crippen molar-refractivity contribution in [3.63, 3.8) is 0 Å². The van der Waals surface area contributed by atoms with E-state index >= 15 is 0 Å². The van der Waals surface area contributed by atoms with Crippen LogP contribution in [0.1, 0.15) is 31.4 Å². The Labute approximate surface area is 193 Å². The first-order chi connectivity index (χ1) is 15.9. The van der Waals surface area contributed by atoms with Crippen molar-refractivity contribution < 1.29 is 14.6 Å². The number of halogens is 1. The van der Waals surface area contributed by atoms with E-state index < -0.39 is 11.5 Å². The first-order valence-corrected chi connectivity index (χ1v) is 11.4. The van der Waals surface area contributed by atoms with Crippen molar-refractivity contribution in [3.8, 4) is 5.75 Å². The number of nitrogens with zero attached hydrogens (tertiary/aromatic N) is 4. The number of aromatic nitrogens is 4. The summed E-state index contributed by atoms with van der Waals surface area (Å²) in [4.78, 5) is 24.9. The van der Waals surface area contributed by atoms with Crippen LogP contribution in [0.15, 0.2) is 47.4 Å². The van der Waals surface area contributed by atoms with Crippen molar-refractivity contribution in [2.45, 2.75) is 37.8 Å². The van der Waals surface area contributed by atoms with E-state index in [0.29, 0.717) is 52.6 Å². The molecule has 2 aliphatic carbocycles. The van der Waals surface area contributed by atoms with Crippen LogP contribution < -0.4 is 10.3 Å². The number of benzene rings is 2. The molecule has 2 fully saturated rings. The molecule has 0 aliphatic heterocycles. The van der Waals surface area contributed by atoms with E-state index in [1.54, 1.807) is 22.9 Å². The molecule has 0 saturated heterocycles. The Morgan fingerprint density at radius 3 is 2.64 bits per heavy atom. The summed E-state index contributed by atoms with van der Waals surface area (Å²) in [5.74, 6) is 0.233. The van der Waals surface area contributed by atoms with Gasteiger partial charge >= 0.3 is 5.97 Å². The molecule has 0 atom stereocenters. The molecule has 33 heavy (non-hydrogen) atoms. The second-order valence-electron chi connectivity index (χ2n) is 8.97. The molecule has 0 spiro atoms. The third kappa shape index (κ3) is 3.45. The fraction of sp³-hybridized carbons (Fsp3) is 0.333. The largest absolute Gasteiger partial charge is 0.492 e. The van der Waals surface area contributed by atoms with Crippen molar-refractivity contribution in [1.29, 1.82) is 0 Å². The molecule has 2 aromatic heterocycles. The SMILES string of the molecule is O=C(O)C1(n2nc(Cn3cc4cc(OCC5CC5)c(Cl)cc4n3)c3ccccc3c2=O)CC1. The van der Waals surface area contributed by atoms with Crippen LogP contribution in [-0.2, 0) is 16.9 Å². The molecule has 9 heteroatoms. The molecule has 6 rings (SSSR count). The van der Waals surface area contributed by atoms with Crippen LogP contribution in [0.25, 0.3) is 21.7 Å². The lowest BCUT2D eigenvalue weighted by molar-refractivity contribution is -0.143. The van der Waals surface area contributed by atoms with Gasteiger partial charge < -0.3 is 9.84 Å². The highest BCUT2D eigenvalue weighted by molar-refractivity contribution is 6.32. The molecule has 2 aliphatic rings. The van der Waals surface area contributed by atoms with Gasteiger partial charge in [0.2, 0.25) is 0 Å². The number of ether oxygens (including phenoxy) is 1. The number of carboxylic acids is 1. The lowest BCUT2D eigenvalue weighted by Crippen LogP contribution is -2.39. The molecule has 8 nitrogen and oxygen atoms in total. The Hall–Kier alpha value is -3.39. The van der Waals surface area contributed by atoms with Gasteiger partial charge in [-0.05, 0) is 49.8 Å². The first kappa shape index (κ1) is 20.2. The van der Waals surface area contributed by atoms with Crippen molar-refractivity contribution in [1.82, 2.24) is 19.6 Å². The lowest BCUT2D eigenvalue weighted by Gasteiger charge is -2.16. The van der Waals surface area contributed by atoms with Crippen LogP contribution in [-0.4, -0.2) is 37.2 Å². The van der Waals surface area contributed by atoms with E-state index in [1.807, 2.05) is 24.4 Å². The van der Waals surface area contributed by atoms with Crippen LogP contribution in [0.4, 0.5) is 0 Å². The Kier molecular flexibility index (Phi) is 4.48. The highest BCUT2D eigenvalue weighted by atomic mass is 35.5. The van der Waals surface area contributed by atoms with E-state index in [1.165, 1.54) is 12.8 Å². The van der Waals surface area contributed by atoms with Crippen LogP contribution in [0.2, 0.25) is 5.02 Å². The minimum absolute atomic E-state index is 0.279. The highest BCUT2D eigenvalue weighted by Gasteiger charge is 2.54. The smallest absolute Gasteiger partial charge is 0.331 e. The van der Waals surface area contributed by atoms with E-state index in [9.17, 15) is 14.7 Å². The van der Waals surface area contributed by atoms with Crippen molar-refractivity contribution in [2.24, 2.45) is 5.92 Å². The number of aliphatic carboxylic acids is 1. The number of rotatable bonds is 7. The van der Waals surface area contributed by atoms with Gasteiger partial charge in [0.25, 0.3) is 5.56 Å². The molecule has 2 saturated carbocycles. The molecule has 0 radical (unpaired) electrons. The van der Waals surface area contributed by atoms with Gasteiger partial charge in [-0.25, -0.2) is 9.48 Å². The molecule has 0 bridgehead atoms. The van der Waals surface area contributed by atoms with Crippen LogP contribution in [0.3, 0.4) is 0 Å². The summed E-state index contributed by atoms with van der Waals surface area (Å²) >= 11 is 6.40. The Bertz CT molecular complexity index is 1480. The normalized spacial score (nSPS) is 16.9. The molecule has 1 N–H and O–H groups in total. The van der Waals surface area contributed by atoms with Crippen LogP contribution >= 0.6 is 11.6 Å². The molecule has 4 aromatic rings. The topological polar surface area (TPSA) is 99.2 Å². The van der Waals surface area contributed by atoms with Gasteiger partial charge in [0.15, 0.2) is 5.54 Å². The molecule has 2 heterocycles. The zero-order chi connectivity index (χ0) is 22.7. The van der Waals surface area contributed by atoms with Crippen molar-refractivity contribution in [2.75, 3.05) is 6.61 Å². The van der Waals surface area contributed by atoms with Gasteiger partial charge in [-0.1, -0.05) is 29.8 Å². The maximum absolute atomic E-state index is 13.0. The van der Waals surface area contributed by atoms with E-state index in [-0.39, 0.29) is 12.1 Å². The summed E-state index contributed by atoms with van der Waals surface area (Å²) < 4.78 is 8.76. The number of carbonyl (C=O) groups is 1. The molecule has 0 amide bonds. The third-order valence-electron chi connectivity index (χ3n) is 6.50. The zero-order valence-electron chi connectivity index (χ0n) is 17.7. The fourth-order valence-electron chi connectivity index (χ4n) is 4.21. The second-order valence-corrected chi connectivity index (χ2v) is 9.38. The maximum atomic E-state index is 13.0.